The Bertz CT molecular complexity index is 399. The van der Waals surface area contributed by atoms with Crippen molar-refractivity contribution in [2.45, 2.75) is 26.3 Å². The van der Waals surface area contributed by atoms with Crippen LogP contribution < -0.4 is 0 Å². The largest absolute Gasteiger partial charge is 0.396 e. The van der Waals surface area contributed by atoms with Crippen LogP contribution >= 0.6 is 0 Å². The third kappa shape index (κ3) is 3.78. The monoisotopic (exact) mass is 263 g/mol. The maximum Gasteiger partial charge on any atom is 0.0501 e. The zero-order chi connectivity index (χ0) is 13.7. The van der Waals surface area contributed by atoms with Crippen molar-refractivity contribution in [2.75, 3.05) is 33.4 Å². The van der Waals surface area contributed by atoms with E-state index in [1.807, 2.05) is 0 Å². The molecule has 1 saturated heterocycles. The molecule has 1 heterocycles. The predicted molar refractivity (Wildman–Crippen MR) is 77.1 cm³/mol. The first-order valence-corrected chi connectivity index (χ1v) is 7.07. The smallest absolute Gasteiger partial charge is 0.0501 e. The summed E-state index contributed by atoms with van der Waals surface area (Å²) >= 11 is 0. The second kappa shape index (κ2) is 6.51. The van der Waals surface area contributed by atoms with Crippen LogP contribution in [-0.2, 0) is 11.3 Å². The molecule has 1 aromatic carbocycles. The summed E-state index contributed by atoms with van der Waals surface area (Å²) in [5.41, 5.74) is 2.72. The van der Waals surface area contributed by atoms with Gasteiger partial charge in [-0.05, 0) is 37.9 Å². The van der Waals surface area contributed by atoms with E-state index in [9.17, 15) is 5.11 Å². The molecule has 19 heavy (non-hydrogen) atoms. The molecule has 1 fully saturated rings. The third-order valence-electron chi connectivity index (χ3n) is 4.20. The third-order valence-corrected chi connectivity index (χ3v) is 4.20. The van der Waals surface area contributed by atoms with Gasteiger partial charge in [0.1, 0.15) is 0 Å². The fourth-order valence-electron chi connectivity index (χ4n) is 2.88. The molecule has 1 aromatic rings. The van der Waals surface area contributed by atoms with Crippen LogP contribution in [0.15, 0.2) is 24.3 Å². The van der Waals surface area contributed by atoms with Crippen LogP contribution in [0.4, 0.5) is 0 Å². The van der Waals surface area contributed by atoms with Crippen molar-refractivity contribution in [2.24, 2.45) is 5.41 Å². The fraction of sp³-hybridized carbons (Fsp3) is 0.625. The van der Waals surface area contributed by atoms with Gasteiger partial charge in [0.25, 0.3) is 0 Å². The van der Waals surface area contributed by atoms with Crippen LogP contribution in [0.3, 0.4) is 0 Å². The minimum Gasteiger partial charge on any atom is -0.396 e. The van der Waals surface area contributed by atoms with Crippen molar-refractivity contribution >= 4 is 0 Å². The lowest BCUT2D eigenvalue weighted by molar-refractivity contribution is -0.0318. The number of hydrogen-bond acceptors (Lipinski definition) is 3. The SMILES string of the molecule is Cc1ccccc1CN(C)CC1(CO)CCOCC1. The Morgan fingerprint density at radius 1 is 1.26 bits per heavy atom. The summed E-state index contributed by atoms with van der Waals surface area (Å²) in [4.78, 5) is 2.32. The minimum absolute atomic E-state index is 0.0235. The first kappa shape index (κ1) is 14.5. The van der Waals surface area contributed by atoms with E-state index in [2.05, 4.69) is 43.1 Å². The lowest BCUT2D eigenvalue weighted by Gasteiger charge is -2.38. The second-order valence-corrected chi connectivity index (χ2v) is 5.87. The van der Waals surface area contributed by atoms with Crippen LogP contribution in [0, 0.1) is 12.3 Å². The molecule has 0 spiro atoms. The van der Waals surface area contributed by atoms with Gasteiger partial charge < -0.3 is 14.7 Å². The molecule has 1 aliphatic rings. The maximum absolute atomic E-state index is 9.73. The summed E-state index contributed by atoms with van der Waals surface area (Å²) in [6.45, 7) is 5.84. The first-order chi connectivity index (χ1) is 9.15. The van der Waals surface area contributed by atoms with Crippen LogP contribution in [-0.4, -0.2) is 43.4 Å². The van der Waals surface area contributed by atoms with E-state index in [0.717, 1.165) is 39.1 Å². The summed E-state index contributed by atoms with van der Waals surface area (Å²) in [6, 6.07) is 8.50. The Hall–Kier alpha value is -0.900. The molecule has 0 aromatic heterocycles. The molecule has 0 unspecified atom stereocenters. The molecule has 0 bridgehead atoms. The van der Waals surface area contributed by atoms with Gasteiger partial charge in [0, 0.05) is 31.7 Å². The maximum atomic E-state index is 9.73. The molecule has 0 amide bonds. The number of aliphatic hydroxyl groups excluding tert-OH is 1. The topological polar surface area (TPSA) is 32.7 Å². The highest BCUT2D eigenvalue weighted by molar-refractivity contribution is 5.25. The number of benzene rings is 1. The fourth-order valence-corrected chi connectivity index (χ4v) is 2.88. The number of rotatable bonds is 5. The van der Waals surface area contributed by atoms with E-state index in [1.165, 1.54) is 11.1 Å². The van der Waals surface area contributed by atoms with Gasteiger partial charge in [-0.25, -0.2) is 0 Å². The van der Waals surface area contributed by atoms with E-state index in [1.54, 1.807) is 0 Å². The van der Waals surface area contributed by atoms with Crippen LogP contribution in [0.5, 0.6) is 0 Å². The summed E-state index contributed by atoms with van der Waals surface area (Å²) < 4.78 is 5.42. The van der Waals surface area contributed by atoms with Crippen LogP contribution in [0.2, 0.25) is 0 Å². The Morgan fingerprint density at radius 2 is 1.95 bits per heavy atom. The van der Waals surface area contributed by atoms with E-state index in [-0.39, 0.29) is 12.0 Å². The Kier molecular flexibility index (Phi) is 4.97. The average Bonchev–Trinajstić information content (AvgIpc) is 2.42. The van der Waals surface area contributed by atoms with Gasteiger partial charge >= 0.3 is 0 Å². The number of aryl methyl sites for hydroxylation is 1. The summed E-state index contributed by atoms with van der Waals surface area (Å²) in [5.74, 6) is 0. The Labute approximate surface area is 116 Å². The molecule has 0 atom stereocenters. The zero-order valence-corrected chi connectivity index (χ0v) is 12.1. The summed E-state index contributed by atoms with van der Waals surface area (Å²) in [6.07, 6.45) is 1.92. The highest BCUT2D eigenvalue weighted by Crippen LogP contribution is 2.31. The summed E-state index contributed by atoms with van der Waals surface area (Å²) in [7, 11) is 2.14. The molecule has 2 rings (SSSR count). The molecule has 3 heteroatoms. The molecule has 0 saturated carbocycles. The van der Waals surface area contributed by atoms with Gasteiger partial charge in [0.15, 0.2) is 0 Å². The van der Waals surface area contributed by atoms with Crippen molar-refractivity contribution in [3.63, 3.8) is 0 Å². The van der Waals surface area contributed by atoms with Crippen LogP contribution in [0.1, 0.15) is 24.0 Å². The van der Waals surface area contributed by atoms with Gasteiger partial charge in [-0.1, -0.05) is 24.3 Å². The standard InChI is InChI=1S/C16H25NO2/c1-14-5-3-4-6-15(14)11-17(2)12-16(13-18)7-9-19-10-8-16/h3-6,18H,7-13H2,1-2H3. The number of aliphatic hydroxyl groups is 1. The molecule has 0 radical (unpaired) electrons. The van der Waals surface area contributed by atoms with Crippen LogP contribution in [0.25, 0.3) is 0 Å². The predicted octanol–water partition coefficient (Wildman–Crippen LogP) is 2.22. The highest BCUT2D eigenvalue weighted by atomic mass is 16.5. The van der Waals surface area contributed by atoms with Gasteiger partial charge in [-0.15, -0.1) is 0 Å². The molecule has 1 N–H and O–H groups in total. The van der Waals surface area contributed by atoms with E-state index in [4.69, 9.17) is 4.74 Å². The van der Waals surface area contributed by atoms with Gasteiger partial charge in [-0.3, -0.25) is 0 Å². The second-order valence-electron chi connectivity index (χ2n) is 5.87. The van der Waals surface area contributed by atoms with E-state index in [0.29, 0.717) is 0 Å². The van der Waals surface area contributed by atoms with E-state index >= 15 is 0 Å². The Balaban J connectivity index is 1.96. The summed E-state index contributed by atoms with van der Waals surface area (Å²) in [5, 5.41) is 9.73. The quantitative estimate of drug-likeness (QED) is 0.884. The van der Waals surface area contributed by atoms with Crippen molar-refractivity contribution in [3.8, 4) is 0 Å². The van der Waals surface area contributed by atoms with Gasteiger partial charge in [0.05, 0.1) is 6.61 Å². The molecular weight excluding hydrogens is 238 g/mol. The van der Waals surface area contributed by atoms with Gasteiger partial charge in [0.2, 0.25) is 0 Å². The molecule has 0 aliphatic carbocycles. The van der Waals surface area contributed by atoms with Crippen molar-refractivity contribution in [1.29, 1.82) is 0 Å². The van der Waals surface area contributed by atoms with Crippen molar-refractivity contribution in [3.05, 3.63) is 35.4 Å². The number of nitrogens with zero attached hydrogens (tertiary/aromatic N) is 1. The number of hydrogen-bond donors (Lipinski definition) is 1. The molecular formula is C16H25NO2. The molecule has 106 valence electrons. The van der Waals surface area contributed by atoms with E-state index < -0.39 is 0 Å². The van der Waals surface area contributed by atoms with Gasteiger partial charge in [-0.2, -0.15) is 0 Å². The van der Waals surface area contributed by atoms with Crippen molar-refractivity contribution in [1.82, 2.24) is 4.90 Å². The molecule has 1 aliphatic heterocycles. The minimum atomic E-state index is 0.0235. The zero-order valence-electron chi connectivity index (χ0n) is 12.1. The van der Waals surface area contributed by atoms with Crippen molar-refractivity contribution < 1.29 is 9.84 Å². The average molecular weight is 263 g/mol. The Morgan fingerprint density at radius 3 is 2.58 bits per heavy atom. The number of ether oxygens (including phenoxy) is 1. The highest BCUT2D eigenvalue weighted by Gasteiger charge is 2.33. The lowest BCUT2D eigenvalue weighted by atomic mass is 9.80. The first-order valence-electron chi connectivity index (χ1n) is 7.07. The molecule has 3 nitrogen and oxygen atoms in total. The normalized spacial score (nSPS) is 18.7. The lowest BCUT2D eigenvalue weighted by Crippen LogP contribution is -2.42.